The van der Waals surface area contributed by atoms with Crippen LogP contribution in [0.2, 0.25) is 0 Å². The highest BCUT2D eigenvalue weighted by Crippen LogP contribution is 2.30. The number of rotatable bonds is 3. The molecule has 0 aromatic carbocycles. The third-order valence-corrected chi connectivity index (χ3v) is 4.73. The topological polar surface area (TPSA) is 69.6 Å². The molecule has 1 N–H and O–H groups in total. The van der Waals surface area contributed by atoms with Crippen LogP contribution in [0.5, 0.6) is 0 Å². The largest absolute Gasteiger partial charge is 0.389 e. The minimum absolute atomic E-state index is 0.146. The van der Waals surface area contributed by atoms with E-state index in [2.05, 4.69) is 14.9 Å². The summed E-state index contributed by atoms with van der Waals surface area (Å²) in [5.74, 6) is -0.0291. The molecule has 2 fully saturated rings. The summed E-state index contributed by atoms with van der Waals surface area (Å²) >= 11 is 0. The van der Waals surface area contributed by atoms with E-state index in [0.717, 1.165) is 25.9 Å². The highest BCUT2D eigenvalue weighted by atomic mass is 16.3. The Kier molecular flexibility index (Phi) is 4.17. The highest BCUT2D eigenvalue weighted by Gasteiger charge is 2.42. The standard InChI is InChI=1S/C15H22N4O2/c1-18(15(21)14-16-7-4-8-17-14)11-5-6-12(13(11)20)19-9-2-3-10-19/h4,7-8,11-13,20H,2-3,5-6,9-10H2,1H3/t11-,12-,13-/m1/s1. The summed E-state index contributed by atoms with van der Waals surface area (Å²) < 4.78 is 0. The molecule has 1 aromatic heterocycles. The van der Waals surface area contributed by atoms with Crippen molar-refractivity contribution in [1.29, 1.82) is 0 Å². The van der Waals surface area contributed by atoms with E-state index in [1.165, 1.54) is 12.8 Å². The first-order valence-electron chi connectivity index (χ1n) is 7.65. The monoisotopic (exact) mass is 290 g/mol. The van der Waals surface area contributed by atoms with Crippen LogP contribution in [0.25, 0.3) is 0 Å². The number of aromatic nitrogens is 2. The fourth-order valence-corrected chi connectivity index (χ4v) is 3.55. The number of aliphatic hydroxyl groups excluding tert-OH is 1. The normalized spacial score (nSPS) is 29.7. The zero-order valence-electron chi connectivity index (χ0n) is 12.4. The number of aliphatic hydroxyl groups is 1. The molecule has 3 rings (SSSR count). The van der Waals surface area contributed by atoms with Crippen LogP contribution in [0.15, 0.2) is 18.5 Å². The van der Waals surface area contributed by atoms with Crippen LogP contribution in [-0.4, -0.2) is 69.1 Å². The SMILES string of the molecule is CN(C(=O)c1ncccn1)[C@@H]1CC[C@@H](N2CCCC2)[C@@H]1O. The number of carbonyl (C=O) groups is 1. The van der Waals surface area contributed by atoms with Crippen molar-refractivity contribution in [3.63, 3.8) is 0 Å². The Balaban J connectivity index is 1.68. The van der Waals surface area contributed by atoms with Crippen LogP contribution >= 0.6 is 0 Å². The molecule has 0 bridgehead atoms. The van der Waals surface area contributed by atoms with Crippen molar-refractivity contribution in [2.45, 2.75) is 43.9 Å². The first-order chi connectivity index (χ1) is 10.2. The van der Waals surface area contributed by atoms with Gasteiger partial charge in [0.15, 0.2) is 0 Å². The van der Waals surface area contributed by atoms with Gasteiger partial charge in [-0.2, -0.15) is 0 Å². The van der Waals surface area contributed by atoms with E-state index in [1.54, 1.807) is 30.4 Å². The first kappa shape index (κ1) is 14.4. The number of hydrogen-bond donors (Lipinski definition) is 1. The molecule has 3 atom stereocenters. The molecule has 1 aliphatic carbocycles. The summed E-state index contributed by atoms with van der Waals surface area (Å²) in [5.41, 5.74) is 0. The van der Waals surface area contributed by atoms with E-state index >= 15 is 0 Å². The fraction of sp³-hybridized carbons (Fsp3) is 0.667. The molecule has 21 heavy (non-hydrogen) atoms. The summed E-state index contributed by atoms with van der Waals surface area (Å²) in [6.07, 6.45) is 6.83. The van der Waals surface area contributed by atoms with Crippen LogP contribution in [-0.2, 0) is 0 Å². The van der Waals surface area contributed by atoms with E-state index in [4.69, 9.17) is 0 Å². The van der Waals surface area contributed by atoms with Crippen LogP contribution in [0.3, 0.4) is 0 Å². The van der Waals surface area contributed by atoms with Crippen LogP contribution in [0, 0.1) is 0 Å². The maximum atomic E-state index is 12.4. The molecule has 1 aliphatic heterocycles. The highest BCUT2D eigenvalue weighted by molar-refractivity contribution is 5.90. The second kappa shape index (κ2) is 6.07. The number of carbonyl (C=O) groups excluding carboxylic acids is 1. The van der Waals surface area contributed by atoms with E-state index in [1.807, 2.05) is 0 Å². The second-order valence-corrected chi connectivity index (χ2v) is 5.93. The number of amides is 1. The van der Waals surface area contributed by atoms with Gasteiger partial charge in [-0.25, -0.2) is 9.97 Å². The maximum Gasteiger partial charge on any atom is 0.291 e. The number of nitrogens with zero attached hydrogens (tertiary/aromatic N) is 4. The van der Waals surface area contributed by atoms with Crippen molar-refractivity contribution in [2.24, 2.45) is 0 Å². The second-order valence-electron chi connectivity index (χ2n) is 5.93. The van der Waals surface area contributed by atoms with E-state index in [-0.39, 0.29) is 23.8 Å². The Labute approximate surface area is 124 Å². The Morgan fingerprint density at radius 1 is 1.29 bits per heavy atom. The molecule has 1 saturated carbocycles. The van der Waals surface area contributed by atoms with Gasteiger partial charge in [0, 0.05) is 25.5 Å². The molecule has 2 aliphatic rings. The van der Waals surface area contributed by atoms with Gasteiger partial charge in [0.25, 0.3) is 5.91 Å². The van der Waals surface area contributed by atoms with Gasteiger partial charge in [-0.3, -0.25) is 9.69 Å². The third kappa shape index (κ3) is 2.78. The van der Waals surface area contributed by atoms with Gasteiger partial charge < -0.3 is 10.0 Å². The smallest absolute Gasteiger partial charge is 0.291 e. The van der Waals surface area contributed by atoms with Gasteiger partial charge in [-0.1, -0.05) is 0 Å². The van der Waals surface area contributed by atoms with Crippen LogP contribution in [0.1, 0.15) is 36.3 Å². The predicted octanol–water partition coefficient (Wildman–Crippen LogP) is 0.536. The first-order valence-corrected chi connectivity index (χ1v) is 7.65. The van der Waals surface area contributed by atoms with Gasteiger partial charge in [0.05, 0.1) is 12.1 Å². The maximum absolute atomic E-state index is 12.4. The Hall–Kier alpha value is -1.53. The molecule has 0 unspecified atom stereocenters. The number of hydrogen-bond acceptors (Lipinski definition) is 5. The van der Waals surface area contributed by atoms with Gasteiger partial charge >= 0.3 is 0 Å². The van der Waals surface area contributed by atoms with E-state index in [9.17, 15) is 9.90 Å². The quantitative estimate of drug-likeness (QED) is 0.879. The summed E-state index contributed by atoms with van der Waals surface area (Å²) in [7, 11) is 1.74. The van der Waals surface area contributed by atoms with E-state index in [0.29, 0.717) is 0 Å². The molecule has 0 spiro atoms. The van der Waals surface area contributed by atoms with Crippen LogP contribution < -0.4 is 0 Å². The molecule has 1 saturated heterocycles. The molecule has 6 nitrogen and oxygen atoms in total. The van der Waals surface area contributed by atoms with E-state index < -0.39 is 6.10 Å². The van der Waals surface area contributed by atoms with Crippen molar-refractivity contribution in [1.82, 2.24) is 19.8 Å². The molecular formula is C15H22N4O2. The van der Waals surface area contributed by atoms with Gasteiger partial charge in [-0.05, 0) is 44.8 Å². The average Bonchev–Trinajstić information content (AvgIpc) is 3.16. The van der Waals surface area contributed by atoms with Crippen molar-refractivity contribution in [3.05, 3.63) is 24.3 Å². The third-order valence-electron chi connectivity index (χ3n) is 4.73. The Morgan fingerprint density at radius 2 is 1.95 bits per heavy atom. The van der Waals surface area contributed by atoms with Gasteiger partial charge in [0.2, 0.25) is 5.82 Å². The molecule has 1 aromatic rings. The van der Waals surface area contributed by atoms with Gasteiger partial charge in [0.1, 0.15) is 0 Å². The summed E-state index contributed by atoms with van der Waals surface area (Å²) in [6.45, 7) is 2.13. The fourth-order valence-electron chi connectivity index (χ4n) is 3.55. The minimum Gasteiger partial charge on any atom is -0.389 e. The summed E-state index contributed by atoms with van der Waals surface area (Å²) in [6, 6.07) is 1.72. The predicted molar refractivity (Wildman–Crippen MR) is 77.7 cm³/mol. The van der Waals surface area contributed by atoms with Crippen molar-refractivity contribution < 1.29 is 9.90 Å². The average molecular weight is 290 g/mol. The number of likely N-dealkylation sites (N-methyl/N-ethyl adjacent to an activating group) is 1. The lowest BCUT2D eigenvalue weighted by atomic mass is 10.1. The molecule has 114 valence electrons. The van der Waals surface area contributed by atoms with Gasteiger partial charge in [-0.15, -0.1) is 0 Å². The Bertz CT molecular complexity index is 490. The molecule has 1 amide bonds. The van der Waals surface area contributed by atoms with Crippen molar-refractivity contribution in [2.75, 3.05) is 20.1 Å². The lowest BCUT2D eigenvalue weighted by molar-refractivity contribution is 0.0290. The Morgan fingerprint density at radius 3 is 2.62 bits per heavy atom. The molecule has 2 heterocycles. The zero-order valence-corrected chi connectivity index (χ0v) is 12.4. The van der Waals surface area contributed by atoms with Crippen LogP contribution in [0.4, 0.5) is 0 Å². The zero-order chi connectivity index (χ0) is 14.8. The lowest BCUT2D eigenvalue weighted by Crippen LogP contribution is -2.48. The molecule has 6 heteroatoms. The lowest BCUT2D eigenvalue weighted by Gasteiger charge is -2.31. The van der Waals surface area contributed by atoms with Crippen molar-refractivity contribution in [3.8, 4) is 0 Å². The summed E-state index contributed by atoms with van der Waals surface area (Å²) in [5, 5.41) is 10.6. The summed E-state index contributed by atoms with van der Waals surface area (Å²) in [4.78, 5) is 24.3. The van der Waals surface area contributed by atoms with Crippen molar-refractivity contribution >= 4 is 5.91 Å². The molecular weight excluding hydrogens is 268 g/mol. The minimum atomic E-state index is -0.485. The molecule has 0 radical (unpaired) electrons. The number of likely N-dealkylation sites (tertiary alicyclic amines) is 1.